The quantitative estimate of drug-likeness (QED) is 0.875. The van der Waals surface area contributed by atoms with Crippen LogP contribution in [0.15, 0.2) is 48.5 Å². The molecule has 0 fully saturated rings. The fraction of sp³-hybridized carbons (Fsp3) is 0.235. The van der Waals surface area contributed by atoms with Crippen LogP contribution in [0.25, 0.3) is 0 Å². The summed E-state index contributed by atoms with van der Waals surface area (Å²) >= 11 is 0. The molecule has 3 nitrogen and oxygen atoms in total. The van der Waals surface area contributed by atoms with Gasteiger partial charge in [-0.1, -0.05) is 42.5 Å². The highest BCUT2D eigenvalue weighted by molar-refractivity contribution is 5.93. The normalized spacial score (nSPS) is 10.3. The Balaban J connectivity index is 1.82. The summed E-state index contributed by atoms with van der Waals surface area (Å²) in [7, 11) is 0. The number of aryl methyl sites for hydroxylation is 2. The molecule has 104 valence electrons. The summed E-state index contributed by atoms with van der Waals surface area (Å²) in [6.07, 6.45) is 0. The van der Waals surface area contributed by atoms with Crippen LogP contribution in [0, 0.1) is 13.8 Å². The van der Waals surface area contributed by atoms with Crippen molar-refractivity contribution in [1.29, 1.82) is 0 Å². The zero-order chi connectivity index (χ0) is 14.4. The van der Waals surface area contributed by atoms with E-state index in [9.17, 15) is 4.79 Å². The summed E-state index contributed by atoms with van der Waals surface area (Å²) < 4.78 is 0. The number of carbonyl (C=O) groups is 1. The lowest BCUT2D eigenvalue weighted by atomic mass is 10.1. The van der Waals surface area contributed by atoms with Crippen LogP contribution in [-0.4, -0.2) is 12.5 Å². The first-order valence-corrected chi connectivity index (χ1v) is 6.77. The molecule has 0 aliphatic carbocycles. The highest BCUT2D eigenvalue weighted by Crippen LogP contribution is 2.15. The van der Waals surface area contributed by atoms with E-state index in [0.717, 1.165) is 16.8 Å². The number of rotatable bonds is 5. The van der Waals surface area contributed by atoms with Crippen LogP contribution in [0.3, 0.4) is 0 Å². The largest absolute Gasteiger partial charge is 0.325 e. The molecule has 0 spiro atoms. The van der Waals surface area contributed by atoms with Gasteiger partial charge >= 0.3 is 0 Å². The molecule has 2 rings (SSSR count). The number of benzene rings is 2. The van der Waals surface area contributed by atoms with Gasteiger partial charge in [-0.15, -0.1) is 0 Å². The number of amides is 1. The smallest absolute Gasteiger partial charge is 0.238 e. The van der Waals surface area contributed by atoms with Crippen molar-refractivity contribution >= 4 is 11.6 Å². The van der Waals surface area contributed by atoms with Gasteiger partial charge in [0, 0.05) is 12.2 Å². The van der Waals surface area contributed by atoms with Gasteiger partial charge in [0.2, 0.25) is 5.91 Å². The lowest BCUT2D eigenvalue weighted by Crippen LogP contribution is -2.28. The molecule has 0 aliphatic heterocycles. The zero-order valence-electron chi connectivity index (χ0n) is 11.9. The number of hydrogen-bond acceptors (Lipinski definition) is 2. The number of hydrogen-bond donors (Lipinski definition) is 2. The summed E-state index contributed by atoms with van der Waals surface area (Å²) in [6, 6.07) is 16.1. The van der Waals surface area contributed by atoms with Crippen molar-refractivity contribution in [1.82, 2.24) is 5.32 Å². The third kappa shape index (κ3) is 4.21. The predicted octanol–water partition coefficient (Wildman–Crippen LogP) is 3.03. The lowest BCUT2D eigenvalue weighted by Gasteiger charge is -2.10. The molecule has 0 atom stereocenters. The van der Waals surface area contributed by atoms with Crippen molar-refractivity contribution in [3.05, 3.63) is 65.2 Å². The molecule has 0 aliphatic rings. The van der Waals surface area contributed by atoms with E-state index >= 15 is 0 Å². The Morgan fingerprint density at radius 3 is 2.55 bits per heavy atom. The van der Waals surface area contributed by atoms with Crippen LogP contribution in [-0.2, 0) is 11.3 Å². The first-order valence-electron chi connectivity index (χ1n) is 6.77. The van der Waals surface area contributed by atoms with Gasteiger partial charge in [-0.05, 0) is 36.6 Å². The molecule has 3 heteroatoms. The Morgan fingerprint density at radius 2 is 1.80 bits per heavy atom. The van der Waals surface area contributed by atoms with E-state index in [0.29, 0.717) is 13.1 Å². The molecule has 20 heavy (non-hydrogen) atoms. The van der Waals surface area contributed by atoms with Gasteiger partial charge in [0.25, 0.3) is 0 Å². The summed E-state index contributed by atoms with van der Waals surface area (Å²) in [5, 5.41) is 6.08. The van der Waals surface area contributed by atoms with E-state index in [-0.39, 0.29) is 5.91 Å². The topological polar surface area (TPSA) is 41.1 Å². The second-order valence-corrected chi connectivity index (χ2v) is 4.96. The Hall–Kier alpha value is -2.13. The SMILES string of the molecule is Cc1ccc(C)c(NC(=O)CNCc2ccccc2)c1. The zero-order valence-corrected chi connectivity index (χ0v) is 11.9. The Morgan fingerprint density at radius 1 is 1.05 bits per heavy atom. The maximum atomic E-state index is 11.9. The van der Waals surface area contributed by atoms with E-state index in [2.05, 4.69) is 10.6 Å². The summed E-state index contributed by atoms with van der Waals surface area (Å²) in [5.41, 5.74) is 4.28. The molecule has 0 heterocycles. The average Bonchev–Trinajstić information content (AvgIpc) is 2.44. The fourth-order valence-corrected chi connectivity index (χ4v) is 1.98. The van der Waals surface area contributed by atoms with Crippen LogP contribution in [0.2, 0.25) is 0 Å². The molecule has 0 aromatic heterocycles. The molecule has 0 radical (unpaired) electrons. The van der Waals surface area contributed by atoms with Gasteiger partial charge in [0.05, 0.1) is 6.54 Å². The number of nitrogens with one attached hydrogen (secondary N) is 2. The third-order valence-corrected chi connectivity index (χ3v) is 3.12. The van der Waals surface area contributed by atoms with Gasteiger partial charge in [-0.25, -0.2) is 0 Å². The number of carbonyl (C=O) groups excluding carboxylic acids is 1. The second-order valence-electron chi connectivity index (χ2n) is 4.96. The monoisotopic (exact) mass is 268 g/mol. The highest BCUT2D eigenvalue weighted by Gasteiger charge is 2.04. The molecule has 2 aromatic rings. The fourth-order valence-electron chi connectivity index (χ4n) is 1.98. The minimum absolute atomic E-state index is 0.0189. The van der Waals surface area contributed by atoms with Gasteiger partial charge < -0.3 is 10.6 Å². The molecule has 0 unspecified atom stereocenters. The summed E-state index contributed by atoms with van der Waals surface area (Å²) in [5.74, 6) is -0.0189. The van der Waals surface area contributed by atoms with Gasteiger partial charge in [0.15, 0.2) is 0 Å². The van der Waals surface area contributed by atoms with E-state index in [1.165, 1.54) is 5.56 Å². The molecule has 0 saturated heterocycles. The van der Waals surface area contributed by atoms with E-state index in [1.54, 1.807) is 0 Å². The van der Waals surface area contributed by atoms with Crippen molar-refractivity contribution in [2.45, 2.75) is 20.4 Å². The van der Waals surface area contributed by atoms with Crippen LogP contribution in [0.5, 0.6) is 0 Å². The Bertz CT molecular complexity index is 579. The molecular formula is C17H20N2O. The highest BCUT2D eigenvalue weighted by atomic mass is 16.1. The maximum Gasteiger partial charge on any atom is 0.238 e. The first kappa shape index (κ1) is 14.3. The molecule has 2 N–H and O–H groups in total. The molecule has 0 saturated carbocycles. The lowest BCUT2D eigenvalue weighted by molar-refractivity contribution is -0.115. The van der Waals surface area contributed by atoms with Gasteiger partial charge in [-0.2, -0.15) is 0 Å². The Kier molecular flexibility index (Phi) is 4.91. The third-order valence-electron chi connectivity index (χ3n) is 3.12. The van der Waals surface area contributed by atoms with Crippen molar-refractivity contribution in [3.63, 3.8) is 0 Å². The molecule has 1 amide bonds. The summed E-state index contributed by atoms with van der Waals surface area (Å²) in [6.45, 7) is 5.01. The minimum Gasteiger partial charge on any atom is -0.325 e. The van der Waals surface area contributed by atoms with Gasteiger partial charge in [0.1, 0.15) is 0 Å². The van der Waals surface area contributed by atoms with Crippen molar-refractivity contribution < 1.29 is 4.79 Å². The van der Waals surface area contributed by atoms with Crippen molar-refractivity contribution in [3.8, 4) is 0 Å². The van der Waals surface area contributed by atoms with Crippen molar-refractivity contribution in [2.75, 3.05) is 11.9 Å². The number of anilines is 1. The van der Waals surface area contributed by atoms with Crippen LogP contribution >= 0.6 is 0 Å². The second kappa shape index (κ2) is 6.87. The standard InChI is InChI=1S/C17H20N2O/c1-13-8-9-14(2)16(10-13)19-17(20)12-18-11-15-6-4-3-5-7-15/h3-10,18H,11-12H2,1-2H3,(H,19,20). The minimum atomic E-state index is -0.0189. The summed E-state index contributed by atoms with van der Waals surface area (Å²) in [4.78, 5) is 11.9. The molecule has 2 aromatic carbocycles. The predicted molar refractivity (Wildman–Crippen MR) is 82.7 cm³/mol. The molecular weight excluding hydrogens is 248 g/mol. The van der Waals surface area contributed by atoms with Gasteiger partial charge in [-0.3, -0.25) is 4.79 Å². The first-order chi connectivity index (χ1) is 9.65. The van der Waals surface area contributed by atoms with E-state index < -0.39 is 0 Å². The van der Waals surface area contributed by atoms with Crippen molar-refractivity contribution in [2.24, 2.45) is 0 Å². The van der Waals surface area contributed by atoms with E-state index in [1.807, 2.05) is 62.4 Å². The molecule has 0 bridgehead atoms. The van der Waals surface area contributed by atoms with E-state index in [4.69, 9.17) is 0 Å². The Labute approximate surface area is 120 Å². The maximum absolute atomic E-state index is 11.9. The van der Waals surface area contributed by atoms with Crippen LogP contribution in [0.1, 0.15) is 16.7 Å². The average molecular weight is 268 g/mol. The van der Waals surface area contributed by atoms with Crippen LogP contribution < -0.4 is 10.6 Å². The van der Waals surface area contributed by atoms with Crippen LogP contribution in [0.4, 0.5) is 5.69 Å².